The lowest BCUT2D eigenvalue weighted by Crippen LogP contribution is -2.08. The number of anilines is 1. The second kappa shape index (κ2) is 6.62. The number of halogens is 1. The van der Waals surface area contributed by atoms with Crippen LogP contribution in [-0.2, 0) is 16.0 Å². The Morgan fingerprint density at radius 1 is 1.71 bits per heavy atom. The molecule has 0 aromatic carbocycles. The van der Waals surface area contributed by atoms with Crippen LogP contribution in [0.15, 0.2) is 5.38 Å². The molecule has 0 amide bonds. The zero-order valence-electron chi connectivity index (χ0n) is 7.86. The lowest BCUT2D eigenvalue weighted by Gasteiger charge is -1.99. The van der Waals surface area contributed by atoms with Crippen molar-refractivity contribution in [2.75, 3.05) is 12.3 Å². The minimum Gasteiger partial charge on any atom is -0.465 e. The van der Waals surface area contributed by atoms with E-state index >= 15 is 0 Å². The minimum absolute atomic E-state index is 0. The van der Waals surface area contributed by atoms with Gasteiger partial charge in [-0.15, -0.1) is 23.7 Å². The van der Waals surface area contributed by atoms with E-state index in [9.17, 15) is 4.79 Å². The van der Waals surface area contributed by atoms with Crippen molar-refractivity contribution in [1.29, 1.82) is 0 Å². The van der Waals surface area contributed by atoms with Gasteiger partial charge in [-0.3, -0.25) is 4.79 Å². The number of rotatable bonds is 4. The third-order valence-corrected chi connectivity index (χ3v) is 2.08. The van der Waals surface area contributed by atoms with E-state index in [2.05, 4.69) is 4.98 Å². The molecule has 1 rings (SSSR count). The standard InChI is InChI=1S/C8H12N2O2S.ClH/c1-2-3-12-7(11)4-6-5-13-8(9)10-6;/h5H,2-4H2,1H3,(H2,9,10);1H. The number of nitrogens with zero attached hydrogens (tertiary/aromatic N) is 1. The number of esters is 1. The highest BCUT2D eigenvalue weighted by Crippen LogP contribution is 2.11. The second-order valence-electron chi connectivity index (χ2n) is 2.57. The maximum atomic E-state index is 11.1. The molecule has 0 saturated heterocycles. The van der Waals surface area contributed by atoms with Crippen LogP contribution in [0.3, 0.4) is 0 Å². The van der Waals surface area contributed by atoms with E-state index < -0.39 is 0 Å². The Kier molecular flexibility index (Phi) is 6.23. The molecule has 0 aliphatic rings. The van der Waals surface area contributed by atoms with Crippen LogP contribution >= 0.6 is 23.7 Å². The number of thiazole rings is 1. The van der Waals surface area contributed by atoms with E-state index in [1.54, 1.807) is 5.38 Å². The molecule has 0 unspecified atom stereocenters. The largest absolute Gasteiger partial charge is 0.465 e. The zero-order valence-corrected chi connectivity index (χ0v) is 9.49. The monoisotopic (exact) mass is 236 g/mol. The molecular formula is C8H13ClN2O2S. The van der Waals surface area contributed by atoms with Gasteiger partial charge in [0.1, 0.15) is 0 Å². The Labute approximate surface area is 92.9 Å². The van der Waals surface area contributed by atoms with Crippen molar-refractivity contribution in [2.45, 2.75) is 19.8 Å². The summed E-state index contributed by atoms with van der Waals surface area (Å²) in [6.45, 7) is 2.42. The summed E-state index contributed by atoms with van der Waals surface area (Å²) in [5, 5.41) is 2.25. The SMILES string of the molecule is CCCOC(=O)Cc1csc(N)n1.Cl. The average Bonchev–Trinajstić information content (AvgIpc) is 2.48. The number of ether oxygens (including phenoxy) is 1. The van der Waals surface area contributed by atoms with Gasteiger partial charge < -0.3 is 10.5 Å². The normalized spacial score (nSPS) is 9.21. The topological polar surface area (TPSA) is 65.2 Å². The van der Waals surface area contributed by atoms with Crippen LogP contribution in [-0.4, -0.2) is 17.6 Å². The molecule has 0 saturated carbocycles. The smallest absolute Gasteiger partial charge is 0.311 e. The number of hydrogen-bond donors (Lipinski definition) is 1. The number of carbonyl (C=O) groups excluding carboxylic acids is 1. The molecule has 0 aliphatic carbocycles. The molecule has 1 heterocycles. The molecule has 0 spiro atoms. The van der Waals surface area contributed by atoms with Gasteiger partial charge in [0, 0.05) is 5.38 Å². The van der Waals surface area contributed by atoms with Gasteiger partial charge in [0.15, 0.2) is 5.13 Å². The first-order valence-electron chi connectivity index (χ1n) is 4.08. The fourth-order valence-electron chi connectivity index (χ4n) is 0.819. The first kappa shape index (κ1) is 13.2. The van der Waals surface area contributed by atoms with Crippen molar-refractivity contribution in [2.24, 2.45) is 0 Å². The van der Waals surface area contributed by atoms with Crippen molar-refractivity contribution in [1.82, 2.24) is 4.98 Å². The highest BCUT2D eigenvalue weighted by atomic mass is 35.5. The molecule has 4 nitrogen and oxygen atoms in total. The lowest BCUT2D eigenvalue weighted by atomic mass is 10.3. The van der Waals surface area contributed by atoms with Gasteiger partial charge in [-0.25, -0.2) is 4.98 Å². The molecule has 6 heteroatoms. The van der Waals surface area contributed by atoms with Gasteiger partial charge in [0.25, 0.3) is 0 Å². The van der Waals surface area contributed by atoms with E-state index in [1.165, 1.54) is 11.3 Å². The lowest BCUT2D eigenvalue weighted by molar-refractivity contribution is -0.142. The summed E-state index contributed by atoms with van der Waals surface area (Å²) in [5.41, 5.74) is 6.09. The Morgan fingerprint density at radius 3 is 2.93 bits per heavy atom. The van der Waals surface area contributed by atoms with E-state index in [4.69, 9.17) is 10.5 Å². The molecule has 0 aliphatic heterocycles. The summed E-state index contributed by atoms with van der Waals surface area (Å²) < 4.78 is 4.89. The Morgan fingerprint density at radius 2 is 2.43 bits per heavy atom. The Hall–Kier alpha value is -0.810. The number of carbonyl (C=O) groups is 1. The van der Waals surface area contributed by atoms with Crippen LogP contribution in [0.1, 0.15) is 19.0 Å². The molecule has 14 heavy (non-hydrogen) atoms. The summed E-state index contributed by atoms with van der Waals surface area (Å²) in [6.07, 6.45) is 1.05. The summed E-state index contributed by atoms with van der Waals surface area (Å²) in [6, 6.07) is 0. The summed E-state index contributed by atoms with van der Waals surface area (Å²) in [5.74, 6) is -0.243. The fraction of sp³-hybridized carbons (Fsp3) is 0.500. The van der Waals surface area contributed by atoms with Gasteiger partial charge in [-0.2, -0.15) is 0 Å². The first-order chi connectivity index (χ1) is 6.22. The first-order valence-corrected chi connectivity index (χ1v) is 4.96. The van der Waals surface area contributed by atoms with E-state index in [-0.39, 0.29) is 24.8 Å². The van der Waals surface area contributed by atoms with Crippen LogP contribution in [0.4, 0.5) is 5.13 Å². The molecule has 80 valence electrons. The van der Waals surface area contributed by atoms with Crippen LogP contribution in [0.2, 0.25) is 0 Å². The molecule has 0 bridgehead atoms. The van der Waals surface area contributed by atoms with E-state index in [0.717, 1.165) is 6.42 Å². The van der Waals surface area contributed by atoms with Crippen molar-refractivity contribution >= 4 is 34.8 Å². The third-order valence-electron chi connectivity index (χ3n) is 1.36. The van der Waals surface area contributed by atoms with Gasteiger partial charge in [-0.05, 0) is 6.42 Å². The number of nitrogen functional groups attached to an aromatic ring is 1. The molecule has 1 aromatic rings. The van der Waals surface area contributed by atoms with Crippen LogP contribution < -0.4 is 5.73 Å². The van der Waals surface area contributed by atoms with Crippen molar-refractivity contribution in [3.63, 3.8) is 0 Å². The number of hydrogen-bond acceptors (Lipinski definition) is 5. The molecule has 0 atom stereocenters. The predicted octanol–water partition coefficient (Wildman–Crippen LogP) is 1.64. The van der Waals surface area contributed by atoms with Crippen molar-refractivity contribution in [3.8, 4) is 0 Å². The van der Waals surface area contributed by atoms with Crippen LogP contribution in [0.25, 0.3) is 0 Å². The highest BCUT2D eigenvalue weighted by Gasteiger charge is 2.06. The molecular weight excluding hydrogens is 224 g/mol. The fourth-order valence-corrected chi connectivity index (χ4v) is 1.38. The van der Waals surface area contributed by atoms with Gasteiger partial charge >= 0.3 is 5.97 Å². The Bertz CT molecular complexity index is 291. The Balaban J connectivity index is 0.00000169. The van der Waals surface area contributed by atoms with Crippen LogP contribution in [0.5, 0.6) is 0 Å². The summed E-state index contributed by atoms with van der Waals surface area (Å²) in [4.78, 5) is 15.0. The average molecular weight is 237 g/mol. The minimum atomic E-state index is -0.243. The summed E-state index contributed by atoms with van der Waals surface area (Å²) in [7, 11) is 0. The van der Waals surface area contributed by atoms with Gasteiger partial charge in [-0.1, -0.05) is 6.92 Å². The zero-order chi connectivity index (χ0) is 9.68. The van der Waals surface area contributed by atoms with E-state index in [0.29, 0.717) is 17.4 Å². The number of nitrogens with two attached hydrogens (primary N) is 1. The maximum absolute atomic E-state index is 11.1. The highest BCUT2D eigenvalue weighted by molar-refractivity contribution is 7.13. The molecule has 2 N–H and O–H groups in total. The quantitative estimate of drug-likeness (QED) is 0.808. The van der Waals surface area contributed by atoms with E-state index in [1.807, 2.05) is 6.92 Å². The summed E-state index contributed by atoms with van der Waals surface area (Å²) >= 11 is 1.33. The molecule has 0 fully saturated rings. The predicted molar refractivity (Wildman–Crippen MR) is 58.7 cm³/mol. The maximum Gasteiger partial charge on any atom is 0.311 e. The van der Waals surface area contributed by atoms with Crippen molar-refractivity contribution in [3.05, 3.63) is 11.1 Å². The van der Waals surface area contributed by atoms with Gasteiger partial charge in [0.05, 0.1) is 18.7 Å². The van der Waals surface area contributed by atoms with Crippen molar-refractivity contribution < 1.29 is 9.53 Å². The molecule has 1 aromatic heterocycles. The molecule has 0 radical (unpaired) electrons. The third kappa shape index (κ3) is 4.43. The number of aromatic nitrogens is 1. The second-order valence-corrected chi connectivity index (χ2v) is 3.46. The van der Waals surface area contributed by atoms with Crippen LogP contribution in [0, 0.1) is 0 Å². The van der Waals surface area contributed by atoms with Gasteiger partial charge in [0.2, 0.25) is 0 Å².